The van der Waals surface area contributed by atoms with Crippen molar-refractivity contribution in [3.63, 3.8) is 0 Å². The predicted octanol–water partition coefficient (Wildman–Crippen LogP) is 4.44. The number of anilines is 1. The fraction of sp³-hybridized carbons (Fsp3) is 0.462. The summed E-state index contributed by atoms with van der Waals surface area (Å²) in [5.41, 5.74) is 1.78. The minimum atomic E-state index is -0.237. The van der Waals surface area contributed by atoms with Crippen LogP contribution in [0.2, 0.25) is 0 Å². The summed E-state index contributed by atoms with van der Waals surface area (Å²) in [5, 5.41) is 4.20. The maximum Gasteiger partial charge on any atom is 0.161 e. The molecule has 2 rings (SSSR count). The summed E-state index contributed by atoms with van der Waals surface area (Å²) >= 11 is 4.93. The second-order valence-corrected chi connectivity index (χ2v) is 6.63. The molecule has 1 aliphatic rings. The number of nitrogens with zero attached hydrogens (tertiary/aromatic N) is 1. The zero-order valence-corrected chi connectivity index (χ0v) is 13.0. The highest BCUT2D eigenvalue weighted by Crippen LogP contribution is 2.28. The summed E-state index contributed by atoms with van der Waals surface area (Å²) in [6.07, 6.45) is 0. The van der Waals surface area contributed by atoms with Crippen LogP contribution in [0.5, 0.6) is 0 Å². The molecule has 1 aliphatic heterocycles. The normalized spacial score (nSPS) is 19.2. The van der Waals surface area contributed by atoms with E-state index < -0.39 is 0 Å². The Labute approximate surface area is 120 Å². The Morgan fingerprint density at radius 2 is 2.22 bits per heavy atom. The molecule has 1 atom stereocenters. The van der Waals surface area contributed by atoms with E-state index >= 15 is 0 Å². The van der Waals surface area contributed by atoms with Crippen molar-refractivity contribution < 1.29 is 4.39 Å². The van der Waals surface area contributed by atoms with E-state index in [1.165, 1.54) is 6.07 Å². The van der Waals surface area contributed by atoms with Gasteiger partial charge in [0.2, 0.25) is 0 Å². The Hall–Kier alpha value is -0.550. The van der Waals surface area contributed by atoms with Crippen LogP contribution in [0.15, 0.2) is 21.6 Å². The fourth-order valence-electron chi connectivity index (χ4n) is 1.70. The second-order valence-electron chi connectivity index (χ2n) is 4.76. The molecule has 5 heteroatoms. The quantitative estimate of drug-likeness (QED) is 0.867. The molecule has 0 saturated carbocycles. The first-order valence-corrected chi connectivity index (χ1v) is 7.68. The lowest BCUT2D eigenvalue weighted by Crippen LogP contribution is -2.12. The number of hydrogen-bond donors (Lipinski definition) is 1. The van der Waals surface area contributed by atoms with E-state index in [-0.39, 0.29) is 5.82 Å². The third-order valence-electron chi connectivity index (χ3n) is 2.95. The maximum atomic E-state index is 13.3. The maximum absolute atomic E-state index is 13.3. The third kappa shape index (κ3) is 3.06. The largest absolute Gasteiger partial charge is 0.335 e. The molecule has 0 spiro atoms. The van der Waals surface area contributed by atoms with Crippen molar-refractivity contribution in [1.29, 1.82) is 0 Å². The lowest BCUT2D eigenvalue weighted by molar-refractivity contribution is 0.543. The van der Waals surface area contributed by atoms with E-state index in [9.17, 15) is 4.39 Å². The van der Waals surface area contributed by atoms with Crippen LogP contribution in [0.4, 0.5) is 10.1 Å². The number of aliphatic imine (C=N–C) groups is 1. The molecule has 2 nitrogen and oxygen atoms in total. The number of nitrogens with one attached hydrogen (secondary N) is 1. The predicted molar refractivity (Wildman–Crippen MR) is 81.0 cm³/mol. The molecule has 98 valence electrons. The Morgan fingerprint density at radius 1 is 1.50 bits per heavy atom. The van der Waals surface area contributed by atoms with Crippen LogP contribution in [0.1, 0.15) is 19.4 Å². The van der Waals surface area contributed by atoms with Crippen molar-refractivity contribution in [2.75, 3.05) is 11.1 Å². The average molecular weight is 331 g/mol. The molecule has 1 heterocycles. The lowest BCUT2D eigenvalue weighted by atomic mass is 10.1. The SMILES string of the molecule is Cc1cc(F)c(Br)cc1NC1=NC(C(C)C)CS1. The minimum absolute atomic E-state index is 0.237. The highest BCUT2D eigenvalue weighted by atomic mass is 79.9. The summed E-state index contributed by atoms with van der Waals surface area (Å²) in [5.74, 6) is 1.33. The van der Waals surface area contributed by atoms with Gasteiger partial charge >= 0.3 is 0 Å². The molecular formula is C13H16BrFN2S. The molecule has 18 heavy (non-hydrogen) atoms. The smallest absolute Gasteiger partial charge is 0.161 e. The van der Waals surface area contributed by atoms with Crippen LogP contribution in [0, 0.1) is 18.7 Å². The molecule has 0 aliphatic carbocycles. The monoisotopic (exact) mass is 330 g/mol. The molecule has 1 unspecified atom stereocenters. The highest BCUT2D eigenvalue weighted by molar-refractivity contribution is 9.10. The van der Waals surface area contributed by atoms with Crippen LogP contribution in [-0.2, 0) is 0 Å². The van der Waals surface area contributed by atoms with Crippen LogP contribution in [0.25, 0.3) is 0 Å². The van der Waals surface area contributed by atoms with Gasteiger partial charge in [-0.2, -0.15) is 0 Å². The van der Waals surface area contributed by atoms with Gasteiger partial charge in [0.1, 0.15) is 5.82 Å². The van der Waals surface area contributed by atoms with E-state index in [0.717, 1.165) is 22.2 Å². The van der Waals surface area contributed by atoms with Gasteiger partial charge in [0.15, 0.2) is 5.17 Å². The molecule has 1 aromatic carbocycles. The van der Waals surface area contributed by atoms with Gasteiger partial charge in [0.25, 0.3) is 0 Å². The number of amidine groups is 1. The number of rotatable bonds is 2. The van der Waals surface area contributed by atoms with Gasteiger partial charge in [0, 0.05) is 11.4 Å². The second kappa shape index (κ2) is 5.61. The number of thioether (sulfide) groups is 1. The van der Waals surface area contributed by atoms with Gasteiger partial charge in [-0.25, -0.2) is 4.39 Å². The zero-order chi connectivity index (χ0) is 13.3. The van der Waals surface area contributed by atoms with Crippen LogP contribution >= 0.6 is 27.7 Å². The van der Waals surface area contributed by atoms with Crippen molar-refractivity contribution >= 4 is 38.5 Å². The Balaban J connectivity index is 2.16. The average Bonchev–Trinajstić information content (AvgIpc) is 2.74. The van der Waals surface area contributed by atoms with Gasteiger partial charge in [0.05, 0.1) is 10.5 Å². The van der Waals surface area contributed by atoms with Crippen molar-refractivity contribution in [3.8, 4) is 0 Å². The van der Waals surface area contributed by atoms with Gasteiger partial charge in [-0.1, -0.05) is 25.6 Å². The van der Waals surface area contributed by atoms with Crippen molar-refractivity contribution in [2.24, 2.45) is 10.9 Å². The molecular weight excluding hydrogens is 315 g/mol. The molecule has 1 aromatic rings. The fourth-order valence-corrected chi connectivity index (χ4v) is 3.22. The first-order valence-electron chi connectivity index (χ1n) is 5.90. The summed E-state index contributed by atoms with van der Waals surface area (Å²) in [4.78, 5) is 4.64. The lowest BCUT2D eigenvalue weighted by Gasteiger charge is -2.10. The third-order valence-corrected chi connectivity index (χ3v) is 4.55. The molecule has 0 radical (unpaired) electrons. The molecule has 0 aromatic heterocycles. The van der Waals surface area contributed by atoms with Gasteiger partial charge in [-0.05, 0) is 46.5 Å². The number of aryl methyl sites for hydroxylation is 1. The van der Waals surface area contributed by atoms with E-state index in [4.69, 9.17) is 0 Å². The topological polar surface area (TPSA) is 24.4 Å². The number of benzene rings is 1. The summed E-state index contributed by atoms with van der Waals surface area (Å²) in [6, 6.07) is 3.66. The summed E-state index contributed by atoms with van der Waals surface area (Å²) in [7, 11) is 0. The summed E-state index contributed by atoms with van der Waals surface area (Å²) in [6.45, 7) is 6.24. The van der Waals surface area contributed by atoms with Crippen molar-refractivity contribution in [2.45, 2.75) is 26.8 Å². The number of hydrogen-bond acceptors (Lipinski definition) is 3. The molecule has 0 saturated heterocycles. The molecule has 0 bridgehead atoms. The minimum Gasteiger partial charge on any atom is -0.335 e. The van der Waals surface area contributed by atoms with E-state index in [1.54, 1.807) is 17.8 Å². The standard InChI is InChI=1S/C13H16BrFN2S/c1-7(2)12-6-18-13(17-12)16-11-5-9(14)10(15)4-8(11)3/h4-5,7,12H,6H2,1-3H3,(H,16,17). The molecule has 0 fully saturated rings. The first kappa shape index (κ1) is 13.9. The first-order chi connectivity index (χ1) is 8.47. The van der Waals surface area contributed by atoms with Gasteiger partial charge in [-0.3, -0.25) is 4.99 Å². The van der Waals surface area contributed by atoms with Crippen molar-refractivity contribution in [3.05, 3.63) is 28.0 Å². The Morgan fingerprint density at radius 3 is 2.83 bits per heavy atom. The van der Waals surface area contributed by atoms with Crippen LogP contribution in [-0.4, -0.2) is 17.0 Å². The Bertz CT molecular complexity index is 488. The van der Waals surface area contributed by atoms with E-state index in [1.807, 2.05) is 6.92 Å². The van der Waals surface area contributed by atoms with Crippen LogP contribution < -0.4 is 5.32 Å². The van der Waals surface area contributed by atoms with E-state index in [0.29, 0.717) is 16.4 Å². The molecule has 1 N–H and O–H groups in total. The number of halogens is 2. The Kier molecular flexibility index (Phi) is 4.33. The van der Waals surface area contributed by atoms with Crippen LogP contribution in [0.3, 0.4) is 0 Å². The van der Waals surface area contributed by atoms with E-state index in [2.05, 4.69) is 40.1 Å². The highest BCUT2D eigenvalue weighted by Gasteiger charge is 2.21. The molecule has 0 amide bonds. The summed E-state index contributed by atoms with van der Waals surface area (Å²) < 4.78 is 13.8. The van der Waals surface area contributed by atoms with Crippen molar-refractivity contribution in [1.82, 2.24) is 0 Å². The van der Waals surface area contributed by atoms with Gasteiger partial charge < -0.3 is 5.32 Å². The van der Waals surface area contributed by atoms with Gasteiger partial charge in [-0.15, -0.1) is 0 Å². The zero-order valence-electron chi connectivity index (χ0n) is 10.6.